The lowest BCUT2D eigenvalue weighted by Crippen LogP contribution is -1.96. The van der Waals surface area contributed by atoms with Crippen LogP contribution in [-0.4, -0.2) is 11.4 Å². The fourth-order valence-electron chi connectivity index (χ4n) is 2.48. The van der Waals surface area contributed by atoms with Crippen molar-refractivity contribution in [1.82, 2.24) is 0 Å². The zero-order valence-electron chi connectivity index (χ0n) is 14.0. The van der Waals surface area contributed by atoms with Crippen LogP contribution in [0.25, 0.3) is 11.1 Å². The summed E-state index contributed by atoms with van der Waals surface area (Å²) < 4.78 is 0. The molecular formula is C22H20N2. The highest BCUT2D eigenvalue weighted by molar-refractivity contribution is 6.01. The van der Waals surface area contributed by atoms with E-state index in [2.05, 4.69) is 58.7 Å². The van der Waals surface area contributed by atoms with E-state index in [9.17, 15) is 0 Å². The van der Waals surface area contributed by atoms with Gasteiger partial charge in [0.05, 0.1) is 11.4 Å². The van der Waals surface area contributed by atoms with Crippen molar-refractivity contribution in [2.45, 2.75) is 13.8 Å². The predicted molar refractivity (Wildman–Crippen MR) is 103 cm³/mol. The fraction of sp³-hybridized carbons (Fsp3) is 0.0909. The molecule has 0 aliphatic heterocycles. The first-order chi connectivity index (χ1) is 11.7. The van der Waals surface area contributed by atoms with Gasteiger partial charge in [0.25, 0.3) is 0 Å². The van der Waals surface area contributed by atoms with Crippen molar-refractivity contribution in [3.63, 3.8) is 0 Å². The number of rotatable bonds is 4. The summed E-state index contributed by atoms with van der Waals surface area (Å²) in [5.74, 6) is 0. The van der Waals surface area contributed by atoms with Crippen LogP contribution in [0.1, 0.15) is 25.0 Å². The fourth-order valence-corrected chi connectivity index (χ4v) is 2.48. The lowest BCUT2D eigenvalue weighted by atomic mass is 10.0. The van der Waals surface area contributed by atoms with Crippen LogP contribution in [0.5, 0.6) is 0 Å². The van der Waals surface area contributed by atoms with E-state index in [0.29, 0.717) is 0 Å². The van der Waals surface area contributed by atoms with E-state index in [1.54, 1.807) is 0 Å². The molecule has 0 saturated heterocycles. The molecule has 0 unspecified atom stereocenters. The third kappa shape index (κ3) is 3.85. The second-order valence-electron chi connectivity index (χ2n) is 5.68. The Kier molecular flexibility index (Phi) is 4.97. The Bertz CT molecular complexity index is 845. The summed E-state index contributed by atoms with van der Waals surface area (Å²) in [4.78, 5) is 0. The van der Waals surface area contributed by atoms with Crippen molar-refractivity contribution in [1.29, 1.82) is 0 Å². The third-order valence-corrected chi connectivity index (χ3v) is 3.95. The van der Waals surface area contributed by atoms with Gasteiger partial charge in [-0.3, -0.25) is 0 Å². The van der Waals surface area contributed by atoms with Crippen LogP contribution in [0.15, 0.2) is 95.1 Å². The summed E-state index contributed by atoms with van der Waals surface area (Å²) in [6.45, 7) is 3.96. The van der Waals surface area contributed by atoms with Gasteiger partial charge in [-0.1, -0.05) is 84.9 Å². The third-order valence-electron chi connectivity index (χ3n) is 3.95. The average Bonchev–Trinajstić information content (AvgIpc) is 2.67. The standard InChI is InChI=1S/C22H20N2/c1-17(19-9-5-3-6-10-19)23-24-18(2)20-13-15-22(16-14-20)21-11-7-4-8-12-21/h3-16H,1-2H3. The maximum absolute atomic E-state index is 4.38. The highest BCUT2D eigenvalue weighted by Gasteiger charge is 2.00. The Hall–Kier alpha value is -3.00. The van der Waals surface area contributed by atoms with E-state index >= 15 is 0 Å². The molecule has 0 amide bonds. The molecule has 0 atom stereocenters. The van der Waals surface area contributed by atoms with Crippen molar-refractivity contribution in [3.8, 4) is 11.1 Å². The summed E-state index contributed by atoms with van der Waals surface area (Å²) in [7, 11) is 0. The SMILES string of the molecule is CC(=NN=C(C)c1ccc(-c2ccccc2)cc1)c1ccccc1. The van der Waals surface area contributed by atoms with Crippen LogP contribution in [0, 0.1) is 0 Å². The second-order valence-corrected chi connectivity index (χ2v) is 5.68. The van der Waals surface area contributed by atoms with Gasteiger partial charge >= 0.3 is 0 Å². The number of nitrogens with zero attached hydrogens (tertiary/aromatic N) is 2. The van der Waals surface area contributed by atoms with Gasteiger partial charge in [0.2, 0.25) is 0 Å². The van der Waals surface area contributed by atoms with Gasteiger partial charge in [0.15, 0.2) is 0 Å². The topological polar surface area (TPSA) is 24.7 Å². The molecular weight excluding hydrogens is 292 g/mol. The van der Waals surface area contributed by atoms with Gasteiger partial charge in [-0.25, -0.2) is 0 Å². The first kappa shape index (κ1) is 15.9. The molecule has 0 N–H and O–H groups in total. The highest BCUT2D eigenvalue weighted by Crippen LogP contribution is 2.19. The summed E-state index contributed by atoms with van der Waals surface area (Å²) in [5.41, 5.74) is 6.42. The Balaban J connectivity index is 1.79. The number of hydrogen-bond acceptors (Lipinski definition) is 2. The summed E-state index contributed by atoms with van der Waals surface area (Å²) in [6, 6.07) is 28.9. The smallest absolute Gasteiger partial charge is 0.0671 e. The lowest BCUT2D eigenvalue weighted by Gasteiger charge is -2.04. The zero-order chi connectivity index (χ0) is 16.8. The maximum atomic E-state index is 4.38. The molecule has 0 saturated carbocycles. The van der Waals surface area contributed by atoms with Crippen LogP contribution in [0.4, 0.5) is 0 Å². The molecule has 0 fully saturated rings. The van der Waals surface area contributed by atoms with Gasteiger partial charge in [-0.05, 0) is 36.1 Å². The average molecular weight is 312 g/mol. The Morgan fingerprint density at radius 1 is 0.500 bits per heavy atom. The molecule has 3 rings (SSSR count). The Morgan fingerprint density at radius 3 is 1.46 bits per heavy atom. The lowest BCUT2D eigenvalue weighted by molar-refractivity contribution is 1.22. The van der Waals surface area contributed by atoms with Gasteiger partial charge in [0, 0.05) is 0 Å². The Labute approximate surface area is 143 Å². The minimum absolute atomic E-state index is 0.907. The predicted octanol–water partition coefficient (Wildman–Crippen LogP) is 5.59. The maximum Gasteiger partial charge on any atom is 0.0671 e. The van der Waals surface area contributed by atoms with Gasteiger partial charge in [0.1, 0.15) is 0 Å². The van der Waals surface area contributed by atoms with Crippen LogP contribution in [0.3, 0.4) is 0 Å². The first-order valence-corrected chi connectivity index (χ1v) is 8.04. The van der Waals surface area contributed by atoms with Gasteiger partial charge < -0.3 is 0 Å². The molecule has 24 heavy (non-hydrogen) atoms. The second kappa shape index (κ2) is 7.51. The monoisotopic (exact) mass is 312 g/mol. The van der Waals surface area contributed by atoms with E-state index < -0.39 is 0 Å². The molecule has 0 aromatic heterocycles. The highest BCUT2D eigenvalue weighted by atomic mass is 15.2. The zero-order valence-corrected chi connectivity index (χ0v) is 14.0. The van der Waals surface area contributed by atoms with Crippen molar-refractivity contribution in [2.24, 2.45) is 10.2 Å². The summed E-state index contributed by atoms with van der Waals surface area (Å²) in [5, 5.41) is 8.73. The van der Waals surface area contributed by atoms with Crippen molar-refractivity contribution < 1.29 is 0 Å². The molecule has 2 heteroatoms. The largest absolute Gasteiger partial charge is 0.155 e. The van der Waals surface area contributed by atoms with Crippen molar-refractivity contribution in [3.05, 3.63) is 96.1 Å². The molecule has 2 nitrogen and oxygen atoms in total. The van der Waals surface area contributed by atoms with Crippen LogP contribution < -0.4 is 0 Å². The van der Waals surface area contributed by atoms with Crippen molar-refractivity contribution >= 4 is 11.4 Å². The van der Waals surface area contributed by atoms with E-state index in [4.69, 9.17) is 0 Å². The van der Waals surface area contributed by atoms with Crippen LogP contribution in [0.2, 0.25) is 0 Å². The van der Waals surface area contributed by atoms with E-state index in [-0.39, 0.29) is 0 Å². The summed E-state index contributed by atoms with van der Waals surface area (Å²) in [6.07, 6.45) is 0. The molecule has 0 aliphatic rings. The van der Waals surface area contributed by atoms with Crippen LogP contribution in [-0.2, 0) is 0 Å². The molecule has 3 aromatic rings. The minimum atomic E-state index is 0.907. The van der Waals surface area contributed by atoms with Gasteiger partial charge in [-0.15, -0.1) is 0 Å². The normalized spacial score (nSPS) is 12.2. The molecule has 0 radical (unpaired) electrons. The Morgan fingerprint density at radius 2 is 0.917 bits per heavy atom. The minimum Gasteiger partial charge on any atom is -0.155 e. The molecule has 118 valence electrons. The molecule has 0 bridgehead atoms. The number of benzene rings is 3. The van der Waals surface area contributed by atoms with Gasteiger partial charge in [-0.2, -0.15) is 10.2 Å². The summed E-state index contributed by atoms with van der Waals surface area (Å²) >= 11 is 0. The van der Waals surface area contributed by atoms with E-state index in [1.165, 1.54) is 11.1 Å². The van der Waals surface area contributed by atoms with Crippen molar-refractivity contribution in [2.75, 3.05) is 0 Å². The number of hydrogen-bond donors (Lipinski definition) is 0. The quantitative estimate of drug-likeness (QED) is 0.443. The molecule has 0 heterocycles. The van der Waals surface area contributed by atoms with Crippen LogP contribution >= 0.6 is 0 Å². The first-order valence-electron chi connectivity index (χ1n) is 8.04. The van der Waals surface area contributed by atoms with E-state index in [1.807, 2.05) is 50.2 Å². The van der Waals surface area contributed by atoms with E-state index in [0.717, 1.165) is 22.6 Å². The molecule has 0 aliphatic carbocycles. The molecule has 0 spiro atoms. The molecule has 3 aromatic carbocycles.